The molecule has 76 valence electrons. The van der Waals surface area contributed by atoms with Crippen molar-refractivity contribution in [3.05, 3.63) is 60.3 Å². The minimum atomic E-state index is 0.887. The van der Waals surface area contributed by atoms with Gasteiger partial charge in [0.15, 0.2) is 0 Å². The molecule has 2 nitrogen and oxygen atoms in total. The Bertz CT molecular complexity index is 397. The van der Waals surface area contributed by atoms with E-state index in [0.717, 1.165) is 12.4 Å². The highest BCUT2D eigenvalue weighted by molar-refractivity contribution is 5.37. The Morgan fingerprint density at radius 2 is 1.73 bits per heavy atom. The molecular weight excluding hydrogens is 184 g/mol. The Morgan fingerprint density at radius 1 is 1.00 bits per heavy atom. The first-order valence-electron chi connectivity index (χ1n) is 5.02. The summed E-state index contributed by atoms with van der Waals surface area (Å²) in [6.07, 6.45) is 1.82. The zero-order chi connectivity index (χ0) is 10.5. The molecule has 1 aromatic heterocycles. The van der Waals surface area contributed by atoms with Crippen molar-refractivity contribution in [2.24, 2.45) is 0 Å². The van der Waals surface area contributed by atoms with Gasteiger partial charge in [0.05, 0.1) is 0 Å². The van der Waals surface area contributed by atoms with Gasteiger partial charge < -0.3 is 4.90 Å². The molecule has 2 aromatic rings. The minimum absolute atomic E-state index is 0.887. The predicted molar refractivity (Wildman–Crippen MR) is 62.8 cm³/mol. The van der Waals surface area contributed by atoms with E-state index in [9.17, 15) is 0 Å². The SMILES string of the molecule is CN(Cc1ccccc1)c1ccccn1. The van der Waals surface area contributed by atoms with Crippen LogP contribution in [-0.2, 0) is 6.54 Å². The van der Waals surface area contributed by atoms with Crippen LogP contribution in [0.1, 0.15) is 5.56 Å². The van der Waals surface area contributed by atoms with E-state index in [1.165, 1.54) is 5.56 Å². The molecule has 1 aromatic carbocycles. The van der Waals surface area contributed by atoms with Crippen LogP contribution in [0.5, 0.6) is 0 Å². The van der Waals surface area contributed by atoms with Crippen LogP contribution in [-0.4, -0.2) is 12.0 Å². The molecule has 2 heteroatoms. The molecule has 0 saturated carbocycles. The van der Waals surface area contributed by atoms with Crippen molar-refractivity contribution in [1.82, 2.24) is 4.98 Å². The predicted octanol–water partition coefficient (Wildman–Crippen LogP) is 2.72. The van der Waals surface area contributed by atoms with Crippen LogP contribution in [0.2, 0.25) is 0 Å². The largest absolute Gasteiger partial charge is 0.355 e. The van der Waals surface area contributed by atoms with Gasteiger partial charge in [-0.2, -0.15) is 0 Å². The number of nitrogens with zero attached hydrogens (tertiary/aromatic N) is 2. The van der Waals surface area contributed by atoms with Crippen molar-refractivity contribution in [3.63, 3.8) is 0 Å². The number of rotatable bonds is 3. The standard InChI is InChI=1S/C13H14N2/c1-15(13-9-5-6-10-14-13)11-12-7-3-2-4-8-12/h2-10H,11H2,1H3. The maximum absolute atomic E-state index is 4.30. The van der Waals surface area contributed by atoms with Gasteiger partial charge in [0.1, 0.15) is 5.82 Å². The normalized spacial score (nSPS) is 9.93. The maximum atomic E-state index is 4.30. The fourth-order valence-electron chi connectivity index (χ4n) is 1.52. The summed E-state index contributed by atoms with van der Waals surface area (Å²) in [5.41, 5.74) is 1.30. The second kappa shape index (κ2) is 4.60. The van der Waals surface area contributed by atoms with Crippen LogP contribution >= 0.6 is 0 Å². The van der Waals surface area contributed by atoms with Gasteiger partial charge >= 0.3 is 0 Å². The summed E-state index contributed by atoms with van der Waals surface area (Å²) in [4.78, 5) is 6.44. The Morgan fingerprint density at radius 3 is 2.40 bits per heavy atom. The number of anilines is 1. The summed E-state index contributed by atoms with van der Waals surface area (Å²) >= 11 is 0. The third kappa shape index (κ3) is 2.56. The molecule has 0 amide bonds. The lowest BCUT2D eigenvalue weighted by atomic mass is 10.2. The van der Waals surface area contributed by atoms with Gasteiger partial charge in [-0.1, -0.05) is 36.4 Å². The third-order valence-corrected chi connectivity index (χ3v) is 2.30. The van der Waals surface area contributed by atoms with Crippen LogP contribution in [0.15, 0.2) is 54.7 Å². The van der Waals surface area contributed by atoms with Crippen molar-refractivity contribution in [2.75, 3.05) is 11.9 Å². The fraction of sp³-hybridized carbons (Fsp3) is 0.154. The zero-order valence-electron chi connectivity index (χ0n) is 8.80. The number of aromatic nitrogens is 1. The Kier molecular flexibility index (Phi) is 2.98. The van der Waals surface area contributed by atoms with Crippen molar-refractivity contribution in [1.29, 1.82) is 0 Å². The lowest BCUT2D eigenvalue weighted by Crippen LogP contribution is -2.17. The molecule has 0 fully saturated rings. The molecular formula is C13H14N2. The average molecular weight is 198 g/mol. The Labute approximate surface area is 90.2 Å². The lowest BCUT2D eigenvalue weighted by Gasteiger charge is -2.17. The summed E-state index contributed by atoms with van der Waals surface area (Å²) < 4.78 is 0. The summed E-state index contributed by atoms with van der Waals surface area (Å²) in [7, 11) is 2.05. The van der Waals surface area contributed by atoms with Crippen LogP contribution in [0.3, 0.4) is 0 Å². The van der Waals surface area contributed by atoms with Crippen molar-refractivity contribution < 1.29 is 0 Å². The van der Waals surface area contributed by atoms with E-state index in [1.54, 1.807) is 0 Å². The first kappa shape index (κ1) is 9.71. The maximum Gasteiger partial charge on any atom is 0.128 e. The lowest BCUT2D eigenvalue weighted by molar-refractivity contribution is 0.898. The summed E-state index contributed by atoms with van der Waals surface area (Å²) in [6.45, 7) is 0.887. The molecule has 0 spiro atoms. The van der Waals surface area contributed by atoms with Gasteiger partial charge in [0.2, 0.25) is 0 Å². The smallest absolute Gasteiger partial charge is 0.128 e. The highest BCUT2D eigenvalue weighted by Crippen LogP contribution is 2.10. The van der Waals surface area contributed by atoms with Crippen LogP contribution in [0.4, 0.5) is 5.82 Å². The van der Waals surface area contributed by atoms with Gasteiger partial charge in [-0.3, -0.25) is 0 Å². The van der Waals surface area contributed by atoms with E-state index >= 15 is 0 Å². The number of benzene rings is 1. The molecule has 0 saturated heterocycles. The molecule has 0 bridgehead atoms. The van der Waals surface area contributed by atoms with Gasteiger partial charge in [-0.05, 0) is 17.7 Å². The van der Waals surface area contributed by atoms with E-state index in [0.29, 0.717) is 0 Å². The van der Waals surface area contributed by atoms with Gasteiger partial charge in [0.25, 0.3) is 0 Å². The fourth-order valence-corrected chi connectivity index (χ4v) is 1.52. The van der Waals surface area contributed by atoms with E-state index < -0.39 is 0 Å². The van der Waals surface area contributed by atoms with Crippen LogP contribution in [0.25, 0.3) is 0 Å². The zero-order valence-corrected chi connectivity index (χ0v) is 8.80. The number of hydrogen-bond acceptors (Lipinski definition) is 2. The van der Waals surface area contributed by atoms with Crippen molar-refractivity contribution in [2.45, 2.75) is 6.54 Å². The summed E-state index contributed by atoms with van der Waals surface area (Å²) in [5.74, 6) is 1.00. The molecule has 0 radical (unpaired) electrons. The first-order valence-corrected chi connectivity index (χ1v) is 5.02. The third-order valence-electron chi connectivity index (χ3n) is 2.30. The minimum Gasteiger partial charge on any atom is -0.355 e. The highest BCUT2D eigenvalue weighted by atomic mass is 15.2. The first-order chi connectivity index (χ1) is 7.36. The Balaban J connectivity index is 2.08. The van der Waals surface area contributed by atoms with Gasteiger partial charge in [-0.25, -0.2) is 4.98 Å². The second-order valence-corrected chi connectivity index (χ2v) is 3.53. The van der Waals surface area contributed by atoms with Crippen LogP contribution in [0, 0.1) is 0 Å². The molecule has 0 unspecified atom stereocenters. The molecule has 0 aliphatic heterocycles. The van der Waals surface area contributed by atoms with E-state index in [4.69, 9.17) is 0 Å². The molecule has 15 heavy (non-hydrogen) atoms. The van der Waals surface area contributed by atoms with Crippen molar-refractivity contribution in [3.8, 4) is 0 Å². The number of pyridine rings is 1. The monoisotopic (exact) mass is 198 g/mol. The summed E-state index contributed by atoms with van der Waals surface area (Å²) in [6, 6.07) is 16.3. The summed E-state index contributed by atoms with van der Waals surface area (Å²) in [5, 5.41) is 0. The van der Waals surface area contributed by atoms with Crippen LogP contribution < -0.4 is 4.90 Å². The highest BCUT2D eigenvalue weighted by Gasteiger charge is 2.01. The number of hydrogen-bond donors (Lipinski definition) is 0. The molecule has 2 rings (SSSR count). The van der Waals surface area contributed by atoms with Gasteiger partial charge in [-0.15, -0.1) is 0 Å². The van der Waals surface area contributed by atoms with E-state index in [-0.39, 0.29) is 0 Å². The topological polar surface area (TPSA) is 16.1 Å². The van der Waals surface area contributed by atoms with Gasteiger partial charge in [0, 0.05) is 19.8 Å². The van der Waals surface area contributed by atoms with Crippen molar-refractivity contribution >= 4 is 5.82 Å². The molecule has 0 aliphatic rings. The molecule has 1 heterocycles. The van der Waals surface area contributed by atoms with E-state index in [2.05, 4.69) is 41.2 Å². The Hall–Kier alpha value is -1.83. The van der Waals surface area contributed by atoms with E-state index in [1.807, 2.05) is 30.5 Å². The molecule has 0 atom stereocenters. The quantitative estimate of drug-likeness (QED) is 0.753. The molecule has 0 N–H and O–H groups in total. The second-order valence-electron chi connectivity index (χ2n) is 3.53. The average Bonchev–Trinajstić information content (AvgIpc) is 2.31. The molecule has 0 aliphatic carbocycles.